The van der Waals surface area contributed by atoms with Gasteiger partial charge < -0.3 is 10.8 Å². The maximum Gasteiger partial charge on any atom is 0.324 e. The largest absolute Gasteiger partial charge is 0.480 e. The predicted octanol–water partition coefficient (Wildman–Crippen LogP) is 2.04. The van der Waals surface area contributed by atoms with E-state index >= 15 is 0 Å². The van der Waals surface area contributed by atoms with Crippen LogP contribution in [0.1, 0.15) is 24.8 Å². The van der Waals surface area contributed by atoms with Crippen LogP contribution in [0.2, 0.25) is 0 Å². The van der Waals surface area contributed by atoms with Crippen LogP contribution in [0.3, 0.4) is 0 Å². The molecule has 0 fully saturated rings. The van der Waals surface area contributed by atoms with Gasteiger partial charge in [0.2, 0.25) is 0 Å². The van der Waals surface area contributed by atoms with Crippen molar-refractivity contribution >= 4 is 11.5 Å². The summed E-state index contributed by atoms with van der Waals surface area (Å²) in [5.74, 6) is -0.907. The highest BCUT2D eigenvalue weighted by molar-refractivity contribution is 5.81. The third-order valence-corrected chi connectivity index (χ3v) is 3.12. The van der Waals surface area contributed by atoms with Crippen molar-refractivity contribution in [3.05, 3.63) is 42.0 Å². The zero-order valence-electron chi connectivity index (χ0n) is 9.02. The van der Waals surface area contributed by atoms with E-state index in [0.717, 1.165) is 12.0 Å². The van der Waals surface area contributed by atoms with E-state index in [1.54, 1.807) is 0 Å². The number of rotatable bonds is 2. The van der Waals surface area contributed by atoms with Gasteiger partial charge in [0.25, 0.3) is 0 Å². The minimum atomic E-state index is -1.07. The number of nitrogens with two attached hydrogens (primary N) is 1. The first-order valence-electron chi connectivity index (χ1n) is 5.38. The average Bonchev–Trinajstić information content (AvgIpc) is 2.31. The molecule has 1 atom stereocenters. The molecule has 0 spiro atoms. The van der Waals surface area contributed by atoms with Crippen molar-refractivity contribution in [2.24, 2.45) is 5.73 Å². The molecule has 0 aromatic heterocycles. The summed E-state index contributed by atoms with van der Waals surface area (Å²) >= 11 is 0. The summed E-state index contributed by atoms with van der Waals surface area (Å²) in [5.41, 5.74) is 7.09. The molecule has 3 nitrogen and oxygen atoms in total. The first-order valence-corrected chi connectivity index (χ1v) is 5.38. The molecule has 0 bridgehead atoms. The Kier molecular flexibility index (Phi) is 2.79. The van der Waals surface area contributed by atoms with Crippen molar-refractivity contribution in [2.45, 2.75) is 24.8 Å². The maximum absolute atomic E-state index is 11.0. The van der Waals surface area contributed by atoms with Gasteiger partial charge in [-0.3, -0.25) is 4.79 Å². The minimum absolute atomic E-state index is 0.409. The van der Waals surface area contributed by atoms with E-state index in [2.05, 4.69) is 0 Å². The molecule has 84 valence electrons. The standard InChI is InChI=1S/C13H15NO2/c14-13(12(15)16)8-6-11(7-9-13)10-4-2-1-3-5-10/h1-6H,7-9,14H2,(H,15,16). The van der Waals surface area contributed by atoms with Gasteiger partial charge in [-0.05, 0) is 30.4 Å². The van der Waals surface area contributed by atoms with Crippen LogP contribution in [-0.2, 0) is 4.79 Å². The number of aliphatic carboxylic acids is 1. The number of carbonyl (C=O) groups is 1. The van der Waals surface area contributed by atoms with Crippen LogP contribution in [-0.4, -0.2) is 16.6 Å². The van der Waals surface area contributed by atoms with Crippen LogP contribution < -0.4 is 5.73 Å². The molecule has 0 radical (unpaired) electrons. The predicted molar refractivity (Wildman–Crippen MR) is 62.8 cm³/mol. The Labute approximate surface area is 94.6 Å². The number of carboxylic acids is 1. The monoisotopic (exact) mass is 217 g/mol. The normalized spacial score (nSPS) is 24.9. The summed E-state index contributed by atoms with van der Waals surface area (Å²) in [6.45, 7) is 0. The fraction of sp³-hybridized carbons (Fsp3) is 0.308. The molecule has 3 N–H and O–H groups in total. The van der Waals surface area contributed by atoms with E-state index in [4.69, 9.17) is 10.8 Å². The van der Waals surface area contributed by atoms with Gasteiger partial charge in [0.15, 0.2) is 0 Å². The molecule has 0 amide bonds. The average molecular weight is 217 g/mol. The van der Waals surface area contributed by atoms with Crippen LogP contribution in [0.15, 0.2) is 36.4 Å². The molecule has 0 heterocycles. The molecule has 16 heavy (non-hydrogen) atoms. The molecule has 1 unspecified atom stereocenters. The highest BCUT2D eigenvalue weighted by Crippen LogP contribution is 2.31. The highest BCUT2D eigenvalue weighted by atomic mass is 16.4. The van der Waals surface area contributed by atoms with Crippen molar-refractivity contribution < 1.29 is 9.90 Å². The molecule has 0 saturated heterocycles. The Bertz CT molecular complexity index is 425. The lowest BCUT2D eigenvalue weighted by atomic mass is 9.81. The molecule has 1 aromatic carbocycles. The summed E-state index contributed by atoms with van der Waals surface area (Å²) in [5, 5.41) is 9.00. The third-order valence-electron chi connectivity index (χ3n) is 3.12. The van der Waals surface area contributed by atoms with Crippen LogP contribution >= 0.6 is 0 Å². The van der Waals surface area contributed by atoms with Crippen LogP contribution in [0.4, 0.5) is 0 Å². The number of benzene rings is 1. The summed E-state index contributed by atoms with van der Waals surface area (Å²) in [7, 11) is 0. The van der Waals surface area contributed by atoms with Crippen LogP contribution in [0.25, 0.3) is 5.57 Å². The second kappa shape index (κ2) is 4.10. The van der Waals surface area contributed by atoms with E-state index in [1.165, 1.54) is 5.57 Å². The van der Waals surface area contributed by atoms with Gasteiger partial charge in [-0.15, -0.1) is 0 Å². The van der Waals surface area contributed by atoms with Gasteiger partial charge in [-0.2, -0.15) is 0 Å². The van der Waals surface area contributed by atoms with Crippen molar-refractivity contribution in [3.63, 3.8) is 0 Å². The zero-order valence-corrected chi connectivity index (χ0v) is 9.02. The lowest BCUT2D eigenvalue weighted by Crippen LogP contribution is -2.48. The molecule has 3 heteroatoms. The Morgan fingerprint density at radius 2 is 2.00 bits per heavy atom. The van der Waals surface area contributed by atoms with Crippen molar-refractivity contribution in [3.8, 4) is 0 Å². The molecule has 1 aliphatic rings. The van der Waals surface area contributed by atoms with Crippen LogP contribution in [0, 0.1) is 0 Å². The number of allylic oxidation sites excluding steroid dienone is 1. The maximum atomic E-state index is 11.0. The van der Waals surface area contributed by atoms with Gasteiger partial charge in [0.1, 0.15) is 5.54 Å². The second-order valence-electron chi connectivity index (χ2n) is 4.26. The van der Waals surface area contributed by atoms with Crippen molar-refractivity contribution in [1.29, 1.82) is 0 Å². The van der Waals surface area contributed by atoms with E-state index in [-0.39, 0.29) is 0 Å². The molecule has 2 rings (SSSR count). The molecule has 1 aromatic rings. The lowest BCUT2D eigenvalue weighted by Gasteiger charge is -2.28. The second-order valence-corrected chi connectivity index (χ2v) is 4.26. The SMILES string of the molecule is NC1(C(=O)O)CC=C(c2ccccc2)CC1. The zero-order chi connectivity index (χ0) is 11.6. The summed E-state index contributed by atoms with van der Waals surface area (Å²) in [6.07, 6.45) is 3.59. The third kappa shape index (κ3) is 1.99. The number of hydrogen-bond donors (Lipinski definition) is 2. The molecule has 0 aliphatic heterocycles. The Morgan fingerprint density at radius 3 is 2.50 bits per heavy atom. The Hall–Kier alpha value is -1.61. The van der Waals surface area contributed by atoms with Gasteiger partial charge >= 0.3 is 5.97 Å². The highest BCUT2D eigenvalue weighted by Gasteiger charge is 2.35. The number of carboxylic acid groups (broad SMARTS) is 1. The smallest absolute Gasteiger partial charge is 0.324 e. The minimum Gasteiger partial charge on any atom is -0.480 e. The molecule has 1 aliphatic carbocycles. The molecular weight excluding hydrogens is 202 g/mol. The van der Waals surface area contributed by atoms with E-state index in [0.29, 0.717) is 12.8 Å². The topological polar surface area (TPSA) is 63.3 Å². The quantitative estimate of drug-likeness (QED) is 0.796. The summed E-state index contributed by atoms with van der Waals surface area (Å²) in [6, 6.07) is 10.0. The Morgan fingerprint density at radius 1 is 1.31 bits per heavy atom. The molecule has 0 saturated carbocycles. The fourth-order valence-corrected chi connectivity index (χ4v) is 1.98. The lowest BCUT2D eigenvalue weighted by molar-refractivity contribution is -0.143. The van der Waals surface area contributed by atoms with Gasteiger partial charge in [-0.1, -0.05) is 36.4 Å². The first kappa shape index (κ1) is 10.9. The van der Waals surface area contributed by atoms with Crippen LogP contribution in [0.5, 0.6) is 0 Å². The number of hydrogen-bond acceptors (Lipinski definition) is 2. The Balaban J connectivity index is 2.19. The van der Waals surface area contributed by atoms with Crippen molar-refractivity contribution in [1.82, 2.24) is 0 Å². The summed E-state index contributed by atoms with van der Waals surface area (Å²) in [4.78, 5) is 11.0. The van der Waals surface area contributed by atoms with Gasteiger partial charge in [0.05, 0.1) is 0 Å². The fourth-order valence-electron chi connectivity index (χ4n) is 1.98. The van der Waals surface area contributed by atoms with Gasteiger partial charge in [0, 0.05) is 0 Å². The first-order chi connectivity index (χ1) is 7.62. The van der Waals surface area contributed by atoms with E-state index in [9.17, 15) is 4.79 Å². The van der Waals surface area contributed by atoms with Gasteiger partial charge in [-0.25, -0.2) is 0 Å². The summed E-state index contributed by atoms with van der Waals surface area (Å²) < 4.78 is 0. The van der Waals surface area contributed by atoms with Crippen molar-refractivity contribution in [2.75, 3.05) is 0 Å². The van der Waals surface area contributed by atoms with E-state index < -0.39 is 11.5 Å². The molecular formula is C13H15NO2. The van der Waals surface area contributed by atoms with E-state index in [1.807, 2.05) is 36.4 Å².